The molecule has 2 N–H and O–H groups in total. The average molecular weight is 403 g/mol. The van der Waals surface area contributed by atoms with Crippen molar-refractivity contribution in [1.82, 2.24) is 0 Å². The molecule has 3 aromatic carbocycles. The predicted octanol–water partition coefficient (Wildman–Crippen LogP) is 5.17. The highest BCUT2D eigenvalue weighted by Crippen LogP contribution is 2.36. The van der Waals surface area contributed by atoms with Crippen molar-refractivity contribution in [2.75, 3.05) is 13.2 Å². The van der Waals surface area contributed by atoms with Crippen molar-refractivity contribution in [3.05, 3.63) is 78.4 Å². The van der Waals surface area contributed by atoms with Gasteiger partial charge in [-0.25, -0.2) is 0 Å². The molecule has 0 aliphatic rings. The topological polar surface area (TPSA) is 53.7 Å². The number of rotatable bonds is 8. The summed E-state index contributed by atoms with van der Waals surface area (Å²) < 4.78 is 52.9. The van der Waals surface area contributed by atoms with Crippen LogP contribution < -0.4 is 19.9 Å². The number of ether oxygens (including phenoxy) is 3. The third-order valence-electron chi connectivity index (χ3n) is 3.98. The molecule has 0 aliphatic carbocycles. The first-order valence-corrected chi connectivity index (χ1v) is 8.94. The normalized spacial score (nSPS) is 11.2. The molecule has 0 bridgehead atoms. The van der Waals surface area contributed by atoms with Crippen LogP contribution in [0.1, 0.15) is 5.56 Å². The number of halogens is 3. The molecular weight excluding hydrogens is 383 g/mol. The Hall–Kier alpha value is -3.19. The molecule has 7 heteroatoms. The molecule has 3 aromatic rings. The van der Waals surface area contributed by atoms with Gasteiger partial charge in [0.25, 0.3) is 0 Å². The monoisotopic (exact) mass is 403 g/mol. The van der Waals surface area contributed by atoms with Gasteiger partial charge < -0.3 is 19.9 Å². The Morgan fingerprint density at radius 1 is 0.759 bits per heavy atom. The van der Waals surface area contributed by atoms with Gasteiger partial charge in [-0.15, -0.1) is 13.2 Å². The van der Waals surface area contributed by atoms with Crippen LogP contribution in [0.2, 0.25) is 0 Å². The lowest BCUT2D eigenvalue weighted by molar-refractivity contribution is -0.275. The minimum atomic E-state index is -4.81. The summed E-state index contributed by atoms with van der Waals surface area (Å²) in [4.78, 5) is 0. The van der Waals surface area contributed by atoms with E-state index >= 15 is 0 Å². The van der Waals surface area contributed by atoms with E-state index in [1.807, 2.05) is 42.5 Å². The van der Waals surface area contributed by atoms with E-state index in [1.54, 1.807) is 12.1 Å². The first-order chi connectivity index (χ1) is 13.9. The van der Waals surface area contributed by atoms with Crippen LogP contribution in [-0.4, -0.2) is 19.5 Å². The van der Waals surface area contributed by atoms with E-state index in [4.69, 9.17) is 15.2 Å². The van der Waals surface area contributed by atoms with Gasteiger partial charge in [-0.1, -0.05) is 48.5 Å². The minimum Gasteiger partial charge on any atom is -0.489 e. The number of nitrogens with two attached hydrogens (primary N) is 1. The molecule has 29 heavy (non-hydrogen) atoms. The van der Waals surface area contributed by atoms with E-state index < -0.39 is 12.1 Å². The number of alkyl halides is 3. The molecule has 0 atom stereocenters. The van der Waals surface area contributed by atoms with Gasteiger partial charge in [0.15, 0.2) is 11.5 Å². The van der Waals surface area contributed by atoms with Gasteiger partial charge >= 0.3 is 6.36 Å². The van der Waals surface area contributed by atoms with Crippen LogP contribution in [-0.2, 0) is 6.61 Å². The van der Waals surface area contributed by atoms with Gasteiger partial charge in [0.1, 0.15) is 19.0 Å². The SMILES string of the molecule is NCCOc1cc(-c2ccc(OCc3ccccc3)cc2)ccc1OC(F)(F)F. The zero-order valence-electron chi connectivity index (χ0n) is 15.5. The summed E-state index contributed by atoms with van der Waals surface area (Å²) in [6, 6.07) is 21.3. The van der Waals surface area contributed by atoms with Gasteiger partial charge in [-0.2, -0.15) is 0 Å². The van der Waals surface area contributed by atoms with Crippen molar-refractivity contribution in [3.8, 4) is 28.4 Å². The molecular formula is C22H20F3NO3. The second-order valence-electron chi connectivity index (χ2n) is 6.15. The minimum absolute atomic E-state index is 0.0188. The van der Waals surface area contributed by atoms with Crippen LogP contribution in [0.25, 0.3) is 11.1 Å². The second-order valence-corrected chi connectivity index (χ2v) is 6.15. The van der Waals surface area contributed by atoms with E-state index in [0.717, 1.165) is 11.1 Å². The quantitative estimate of drug-likeness (QED) is 0.564. The summed E-state index contributed by atoms with van der Waals surface area (Å²) >= 11 is 0. The molecule has 0 heterocycles. The lowest BCUT2D eigenvalue weighted by Gasteiger charge is -2.15. The van der Waals surface area contributed by atoms with E-state index in [0.29, 0.717) is 17.9 Å². The molecule has 152 valence electrons. The molecule has 3 rings (SSSR count). The van der Waals surface area contributed by atoms with Crippen molar-refractivity contribution in [2.24, 2.45) is 5.73 Å². The number of hydrogen-bond acceptors (Lipinski definition) is 4. The van der Waals surface area contributed by atoms with Crippen molar-refractivity contribution in [2.45, 2.75) is 13.0 Å². The maximum absolute atomic E-state index is 12.6. The number of benzene rings is 3. The van der Waals surface area contributed by atoms with E-state index in [-0.39, 0.29) is 18.9 Å². The molecule has 0 fully saturated rings. The smallest absolute Gasteiger partial charge is 0.489 e. The third kappa shape index (κ3) is 6.15. The molecule has 0 unspecified atom stereocenters. The van der Waals surface area contributed by atoms with E-state index in [2.05, 4.69) is 4.74 Å². The molecule has 0 radical (unpaired) electrons. The summed E-state index contributed by atoms with van der Waals surface area (Å²) in [5.74, 6) is 0.265. The Morgan fingerprint density at radius 2 is 1.45 bits per heavy atom. The maximum Gasteiger partial charge on any atom is 0.573 e. The van der Waals surface area contributed by atoms with Crippen LogP contribution in [0.15, 0.2) is 72.8 Å². The highest BCUT2D eigenvalue weighted by Gasteiger charge is 2.32. The zero-order valence-corrected chi connectivity index (χ0v) is 15.5. The lowest BCUT2D eigenvalue weighted by Crippen LogP contribution is -2.18. The Morgan fingerprint density at radius 3 is 2.10 bits per heavy atom. The zero-order chi connectivity index (χ0) is 20.7. The first-order valence-electron chi connectivity index (χ1n) is 8.94. The van der Waals surface area contributed by atoms with E-state index in [9.17, 15) is 13.2 Å². The van der Waals surface area contributed by atoms with Crippen molar-refractivity contribution in [1.29, 1.82) is 0 Å². The van der Waals surface area contributed by atoms with Crippen LogP contribution >= 0.6 is 0 Å². The van der Waals surface area contributed by atoms with E-state index in [1.165, 1.54) is 18.2 Å². The second kappa shape index (κ2) is 9.34. The first kappa shape index (κ1) is 20.5. The molecule has 0 amide bonds. The van der Waals surface area contributed by atoms with Crippen LogP contribution in [0, 0.1) is 0 Å². The Kier molecular flexibility index (Phi) is 6.61. The number of hydrogen-bond donors (Lipinski definition) is 1. The molecule has 0 spiro atoms. The fourth-order valence-corrected chi connectivity index (χ4v) is 2.66. The molecule has 0 aromatic heterocycles. The van der Waals surface area contributed by atoms with Crippen molar-refractivity contribution in [3.63, 3.8) is 0 Å². The third-order valence-corrected chi connectivity index (χ3v) is 3.98. The van der Waals surface area contributed by atoms with Crippen LogP contribution in [0.5, 0.6) is 17.2 Å². The van der Waals surface area contributed by atoms with Gasteiger partial charge in [-0.3, -0.25) is 0 Å². The fourth-order valence-electron chi connectivity index (χ4n) is 2.66. The largest absolute Gasteiger partial charge is 0.573 e. The summed E-state index contributed by atoms with van der Waals surface area (Å²) in [6.45, 7) is 0.688. The molecule has 0 aliphatic heterocycles. The van der Waals surface area contributed by atoms with Crippen molar-refractivity contribution >= 4 is 0 Å². The Balaban J connectivity index is 1.75. The summed E-state index contributed by atoms with van der Waals surface area (Å²) in [6.07, 6.45) is -4.81. The van der Waals surface area contributed by atoms with Gasteiger partial charge in [0.2, 0.25) is 0 Å². The lowest BCUT2D eigenvalue weighted by atomic mass is 10.0. The highest BCUT2D eigenvalue weighted by atomic mass is 19.4. The Bertz CT molecular complexity index is 913. The van der Waals surface area contributed by atoms with Crippen molar-refractivity contribution < 1.29 is 27.4 Å². The molecule has 4 nitrogen and oxygen atoms in total. The highest BCUT2D eigenvalue weighted by molar-refractivity contribution is 5.67. The van der Waals surface area contributed by atoms with Crippen LogP contribution in [0.3, 0.4) is 0 Å². The summed E-state index contributed by atoms with van der Waals surface area (Å²) in [7, 11) is 0. The van der Waals surface area contributed by atoms with Gasteiger partial charge in [0, 0.05) is 6.54 Å². The standard InChI is InChI=1S/C22H20F3NO3/c23-22(24,25)29-20-11-8-18(14-21(20)27-13-12-26)17-6-9-19(10-7-17)28-15-16-4-2-1-3-5-16/h1-11,14H,12-13,15,26H2. The Labute approximate surface area is 166 Å². The molecule has 0 saturated carbocycles. The predicted molar refractivity (Wildman–Crippen MR) is 104 cm³/mol. The average Bonchev–Trinajstić information content (AvgIpc) is 2.71. The molecule has 0 saturated heterocycles. The van der Waals surface area contributed by atoms with Gasteiger partial charge in [-0.05, 0) is 41.0 Å². The van der Waals surface area contributed by atoms with Crippen LogP contribution in [0.4, 0.5) is 13.2 Å². The maximum atomic E-state index is 12.6. The van der Waals surface area contributed by atoms with Gasteiger partial charge in [0.05, 0.1) is 0 Å². The summed E-state index contributed by atoms with van der Waals surface area (Å²) in [5, 5.41) is 0. The fraction of sp³-hybridized carbons (Fsp3) is 0.182. The summed E-state index contributed by atoms with van der Waals surface area (Å²) in [5.41, 5.74) is 7.92.